The van der Waals surface area contributed by atoms with Gasteiger partial charge >= 0.3 is 0 Å². The van der Waals surface area contributed by atoms with Gasteiger partial charge in [0.1, 0.15) is 0 Å². The Morgan fingerprint density at radius 1 is 1.24 bits per heavy atom. The largest absolute Gasteiger partial charge is 0.309 e. The van der Waals surface area contributed by atoms with E-state index in [1.165, 1.54) is 16.7 Å². The van der Waals surface area contributed by atoms with Crippen molar-refractivity contribution in [2.45, 2.75) is 16.4 Å². The summed E-state index contributed by atoms with van der Waals surface area (Å²) in [5.74, 6) is 0.620. The third-order valence-electron chi connectivity index (χ3n) is 3.65. The lowest BCUT2D eigenvalue weighted by molar-refractivity contribution is 0.417. The molecule has 4 heteroatoms. The number of benzene rings is 1. The molecule has 2 nitrogen and oxygen atoms in total. The Labute approximate surface area is 132 Å². The van der Waals surface area contributed by atoms with Crippen molar-refractivity contribution in [2.75, 3.05) is 20.6 Å². The normalized spacial score (nSPS) is 19.4. The molecule has 0 N–H and O–H groups in total. The molecule has 0 radical (unpaired) electrons. The van der Waals surface area contributed by atoms with Crippen LogP contribution in [0.15, 0.2) is 46.0 Å². The van der Waals surface area contributed by atoms with Crippen molar-refractivity contribution in [3.05, 3.63) is 58.5 Å². The van der Waals surface area contributed by atoms with Gasteiger partial charge in [-0.05, 0) is 48.7 Å². The number of fused-ring (bicyclic) bond motifs is 2. The third-order valence-corrected chi connectivity index (χ3v) is 6.40. The Hall–Kier alpha value is -1.23. The van der Waals surface area contributed by atoms with Gasteiger partial charge in [0.2, 0.25) is 0 Å². The van der Waals surface area contributed by atoms with Crippen LogP contribution in [0, 0.1) is 0 Å². The SMILES string of the molecule is CN(C)CC/C=C1\c2ccccc2CS(=O)c2sccc21. The quantitative estimate of drug-likeness (QED) is 0.859. The van der Waals surface area contributed by atoms with Gasteiger partial charge in [-0.1, -0.05) is 30.3 Å². The predicted octanol–water partition coefficient (Wildman–Crippen LogP) is 3.75. The van der Waals surface area contributed by atoms with Crippen molar-refractivity contribution in [1.82, 2.24) is 4.90 Å². The van der Waals surface area contributed by atoms with E-state index in [2.05, 4.69) is 54.7 Å². The minimum Gasteiger partial charge on any atom is -0.309 e. The van der Waals surface area contributed by atoms with Gasteiger partial charge in [-0.3, -0.25) is 4.21 Å². The summed E-state index contributed by atoms with van der Waals surface area (Å²) in [7, 11) is 3.25. The highest BCUT2D eigenvalue weighted by Gasteiger charge is 2.23. The fraction of sp³-hybridized carbons (Fsp3) is 0.294. The lowest BCUT2D eigenvalue weighted by Gasteiger charge is -2.11. The van der Waals surface area contributed by atoms with Crippen LogP contribution in [0.5, 0.6) is 0 Å². The predicted molar refractivity (Wildman–Crippen MR) is 91.1 cm³/mol. The van der Waals surface area contributed by atoms with E-state index in [-0.39, 0.29) is 0 Å². The second-order valence-corrected chi connectivity index (χ2v) is 8.04. The van der Waals surface area contributed by atoms with Crippen molar-refractivity contribution in [1.29, 1.82) is 0 Å². The average molecular weight is 317 g/mol. The highest BCUT2D eigenvalue weighted by molar-refractivity contribution is 7.86. The van der Waals surface area contributed by atoms with Crippen LogP contribution in [-0.2, 0) is 16.6 Å². The summed E-state index contributed by atoms with van der Waals surface area (Å²) < 4.78 is 13.6. The van der Waals surface area contributed by atoms with Gasteiger partial charge in [-0.25, -0.2) is 0 Å². The molecule has 2 heterocycles. The smallest absolute Gasteiger partial charge is 0.0992 e. The van der Waals surface area contributed by atoms with E-state index in [0.717, 1.165) is 22.7 Å². The second kappa shape index (κ2) is 6.26. The molecule has 3 rings (SSSR count). The molecule has 1 unspecified atom stereocenters. The van der Waals surface area contributed by atoms with Crippen LogP contribution in [0.1, 0.15) is 23.1 Å². The van der Waals surface area contributed by atoms with Crippen molar-refractivity contribution >= 4 is 27.7 Å². The molecule has 110 valence electrons. The Kier molecular flexibility index (Phi) is 4.38. The molecule has 0 spiro atoms. The lowest BCUT2D eigenvalue weighted by Crippen LogP contribution is -2.12. The fourth-order valence-corrected chi connectivity index (χ4v) is 5.11. The molecule has 0 amide bonds. The van der Waals surface area contributed by atoms with Crippen LogP contribution in [0.25, 0.3) is 5.57 Å². The molecule has 0 saturated carbocycles. The Bertz CT molecular complexity index is 700. The van der Waals surface area contributed by atoms with Gasteiger partial charge < -0.3 is 4.90 Å². The summed E-state index contributed by atoms with van der Waals surface area (Å²) in [6.07, 6.45) is 3.30. The fourth-order valence-electron chi connectivity index (χ4n) is 2.62. The summed E-state index contributed by atoms with van der Waals surface area (Å²) in [4.78, 5) is 2.19. The minimum atomic E-state index is -0.931. The van der Waals surface area contributed by atoms with E-state index in [1.54, 1.807) is 11.3 Å². The highest BCUT2D eigenvalue weighted by Crippen LogP contribution is 2.38. The van der Waals surface area contributed by atoms with Crippen molar-refractivity contribution in [2.24, 2.45) is 0 Å². The Morgan fingerprint density at radius 3 is 2.86 bits per heavy atom. The molecule has 0 bridgehead atoms. The van der Waals surface area contributed by atoms with E-state index < -0.39 is 10.8 Å². The standard InChI is InChI=1S/C17H19NOS2/c1-18(2)10-5-8-15-14-7-4-3-6-13(14)12-21(19)17-16(15)9-11-20-17/h3-4,6-9,11H,5,10,12H2,1-2H3/b15-8+. The van der Waals surface area contributed by atoms with Crippen LogP contribution < -0.4 is 0 Å². The van der Waals surface area contributed by atoms with Crippen LogP contribution in [0.3, 0.4) is 0 Å². The number of thiophene rings is 1. The summed E-state index contributed by atoms with van der Waals surface area (Å²) in [6.45, 7) is 1.02. The molecule has 1 aromatic carbocycles. The molecule has 1 aliphatic rings. The zero-order chi connectivity index (χ0) is 14.8. The van der Waals surface area contributed by atoms with Gasteiger partial charge in [0.05, 0.1) is 20.8 Å². The first kappa shape index (κ1) is 14.7. The minimum absolute atomic E-state index is 0.620. The number of rotatable bonds is 3. The third kappa shape index (κ3) is 3.03. The molecule has 21 heavy (non-hydrogen) atoms. The van der Waals surface area contributed by atoms with Crippen LogP contribution >= 0.6 is 11.3 Å². The van der Waals surface area contributed by atoms with E-state index in [4.69, 9.17) is 0 Å². The van der Waals surface area contributed by atoms with Crippen LogP contribution in [0.4, 0.5) is 0 Å². The van der Waals surface area contributed by atoms with E-state index in [1.807, 2.05) is 6.07 Å². The van der Waals surface area contributed by atoms with Crippen LogP contribution in [0.2, 0.25) is 0 Å². The first-order valence-corrected chi connectivity index (χ1v) is 9.26. The van der Waals surface area contributed by atoms with Crippen molar-refractivity contribution < 1.29 is 4.21 Å². The first-order valence-electron chi connectivity index (χ1n) is 7.06. The molecule has 1 aromatic heterocycles. The van der Waals surface area contributed by atoms with Gasteiger partial charge in [0, 0.05) is 12.1 Å². The summed E-state index contributed by atoms with van der Waals surface area (Å²) >= 11 is 1.61. The Morgan fingerprint density at radius 2 is 2.05 bits per heavy atom. The number of nitrogens with zero attached hydrogens (tertiary/aromatic N) is 1. The van der Waals surface area contributed by atoms with E-state index in [9.17, 15) is 4.21 Å². The molecule has 1 atom stereocenters. The molecule has 0 fully saturated rings. The van der Waals surface area contributed by atoms with Gasteiger partial charge in [0.25, 0.3) is 0 Å². The number of hydrogen-bond acceptors (Lipinski definition) is 3. The average Bonchev–Trinajstić information content (AvgIpc) is 2.90. The first-order chi connectivity index (χ1) is 10.2. The molecule has 1 aliphatic heterocycles. The highest BCUT2D eigenvalue weighted by atomic mass is 32.2. The zero-order valence-corrected chi connectivity index (χ0v) is 14.0. The van der Waals surface area contributed by atoms with E-state index in [0.29, 0.717) is 5.75 Å². The summed E-state index contributed by atoms with van der Waals surface area (Å²) in [5.41, 5.74) is 4.83. The van der Waals surface area contributed by atoms with Crippen LogP contribution in [-0.4, -0.2) is 29.7 Å². The Balaban J connectivity index is 2.10. The van der Waals surface area contributed by atoms with Crippen molar-refractivity contribution in [3.8, 4) is 0 Å². The molecular formula is C17H19NOS2. The van der Waals surface area contributed by atoms with E-state index >= 15 is 0 Å². The molecule has 2 aromatic rings. The summed E-state index contributed by atoms with van der Waals surface area (Å²) in [5, 5.41) is 2.05. The number of hydrogen-bond donors (Lipinski definition) is 0. The maximum Gasteiger partial charge on any atom is 0.0992 e. The molecule has 0 saturated heterocycles. The topological polar surface area (TPSA) is 20.3 Å². The zero-order valence-electron chi connectivity index (χ0n) is 12.3. The van der Waals surface area contributed by atoms with Gasteiger partial charge in [-0.15, -0.1) is 11.3 Å². The monoisotopic (exact) mass is 317 g/mol. The summed E-state index contributed by atoms with van der Waals surface area (Å²) in [6, 6.07) is 10.5. The van der Waals surface area contributed by atoms with Gasteiger partial charge in [-0.2, -0.15) is 0 Å². The maximum atomic E-state index is 12.5. The maximum absolute atomic E-state index is 12.5. The lowest BCUT2D eigenvalue weighted by atomic mass is 9.95. The molecular weight excluding hydrogens is 298 g/mol. The van der Waals surface area contributed by atoms with Gasteiger partial charge in [0.15, 0.2) is 0 Å². The van der Waals surface area contributed by atoms with Crippen molar-refractivity contribution in [3.63, 3.8) is 0 Å². The molecule has 0 aliphatic carbocycles. The second-order valence-electron chi connectivity index (χ2n) is 5.48.